The van der Waals surface area contributed by atoms with Gasteiger partial charge in [0.25, 0.3) is 0 Å². The molecule has 1 aliphatic rings. The highest BCUT2D eigenvalue weighted by atomic mass is 35.5. The molecule has 31 heavy (non-hydrogen) atoms. The summed E-state index contributed by atoms with van der Waals surface area (Å²) >= 11 is 7.87. The van der Waals surface area contributed by atoms with Gasteiger partial charge in [-0.1, -0.05) is 60.1 Å². The third-order valence-electron chi connectivity index (χ3n) is 5.27. The van der Waals surface area contributed by atoms with Crippen LogP contribution in [0.15, 0.2) is 60.7 Å². The zero-order chi connectivity index (χ0) is 21.8. The van der Waals surface area contributed by atoms with Gasteiger partial charge in [-0.15, -0.1) is 11.3 Å². The number of hydrogen-bond donors (Lipinski definition) is 0. The molecule has 5 nitrogen and oxygen atoms in total. The summed E-state index contributed by atoms with van der Waals surface area (Å²) in [6, 6.07) is 18.2. The molecule has 3 aromatic rings. The van der Waals surface area contributed by atoms with Crippen molar-refractivity contribution in [1.29, 1.82) is 0 Å². The Labute approximate surface area is 190 Å². The zero-order valence-corrected chi connectivity index (χ0v) is 18.6. The van der Waals surface area contributed by atoms with Gasteiger partial charge in [-0.2, -0.15) is 0 Å². The minimum absolute atomic E-state index is 0.229. The van der Waals surface area contributed by atoms with Crippen LogP contribution in [-0.2, 0) is 33.7 Å². The van der Waals surface area contributed by atoms with Crippen molar-refractivity contribution in [3.8, 4) is 5.06 Å². The molecule has 0 amide bonds. The van der Waals surface area contributed by atoms with Crippen molar-refractivity contribution in [2.24, 2.45) is 0 Å². The molecule has 4 rings (SSSR count). The van der Waals surface area contributed by atoms with Crippen molar-refractivity contribution in [3.63, 3.8) is 0 Å². The van der Waals surface area contributed by atoms with E-state index in [-0.39, 0.29) is 18.4 Å². The molecule has 1 atom stereocenters. The topological polar surface area (TPSA) is 55.8 Å². The zero-order valence-electron chi connectivity index (χ0n) is 17.0. The van der Waals surface area contributed by atoms with Crippen molar-refractivity contribution in [1.82, 2.24) is 4.90 Å². The van der Waals surface area contributed by atoms with E-state index < -0.39 is 6.04 Å². The molecule has 1 aromatic heterocycles. The van der Waals surface area contributed by atoms with E-state index in [1.165, 1.54) is 23.3 Å². The first kappa shape index (κ1) is 21.6. The predicted molar refractivity (Wildman–Crippen MR) is 120 cm³/mol. The number of carbonyl (C=O) groups excluding carboxylic acids is 2. The lowest BCUT2D eigenvalue weighted by Crippen LogP contribution is -2.38. The Balaban J connectivity index is 1.49. The van der Waals surface area contributed by atoms with Gasteiger partial charge in [0.1, 0.15) is 6.04 Å². The largest absolute Gasteiger partial charge is 0.468 e. The Morgan fingerprint density at radius 3 is 2.61 bits per heavy atom. The third kappa shape index (κ3) is 4.98. The fourth-order valence-corrected chi connectivity index (χ4v) is 5.06. The summed E-state index contributed by atoms with van der Waals surface area (Å²) in [7, 11) is 1.39. The number of fused-ring (bicyclic) bond motifs is 1. The number of methoxy groups -OCH3 is 1. The molecule has 7 heteroatoms. The predicted octanol–water partition coefficient (Wildman–Crippen LogP) is 4.82. The van der Waals surface area contributed by atoms with Gasteiger partial charge in [0, 0.05) is 23.0 Å². The van der Waals surface area contributed by atoms with Crippen molar-refractivity contribution in [2.45, 2.75) is 25.4 Å². The van der Waals surface area contributed by atoms with Gasteiger partial charge in [0.15, 0.2) is 5.06 Å². The van der Waals surface area contributed by atoms with Crippen LogP contribution in [0, 0.1) is 0 Å². The maximum atomic E-state index is 12.6. The number of halogens is 1. The fourth-order valence-electron chi connectivity index (χ4n) is 3.79. The summed E-state index contributed by atoms with van der Waals surface area (Å²) in [6.07, 6.45) is 0.987. The highest BCUT2D eigenvalue weighted by Gasteiger charge is 2.33. The van der Waals surface area contributed by atoms with Crippen LogP contribution in [0.25, 0.3) is 0 Å². The Morgan fingerprint density at radius 2 is 1.87 bits per heavy atom. The molecule has 0 saturated carbocycles. The molecule has 0 spiro atoms. The standard InChI is InChI=1S/C24H22ClNO4S/c1-29-24(28)23(18-9-5-6-10-19(18)25)26-12-11-20-17(15-26)14-22(31-20)30-21(27)13-16-7-3-2-4-8-16/h2-10,14,23H,11-13,15H2,1H3. The van der Waals surface area contributed by atoms with E-state index >= 15 is 0 Å². The van der Waals surface area contributed by atoms with Crippen molar-refractivity contribution in [2.75, 3.05) is 13.7 Å². The first-order chi connectivity index (χ1) is 15.0. The highest BCUT2D eigenvalue weighted by Crippen LogP contribution is 2.37. The Hall–Kier alpha value is -2.67. The molecule has 0 saturated heterocycles. The molecule has 2 aromatic carbocycles. The van der Waals surface area contributed by atoms with E-state index in [2.05, 4.69) is 4.90 Å². The van der Waals surface area contributed by atoms with E-state index in [1.807, 2.05) is 54.6 Å². The SMILES string of the molecule is COC(=O)C(c1ccccc1Cl)N1CCc2sc(OC(=O)Cc3ccccc3)cc2C1. The van der Waals surface area contributed by atoms with Gasteiger partial charge in [0.05, 0.1) is 13.5 Å². The lowest BCUT2D eigenvalue weighted by atomic mass is 10.0. The first-order valence-electron chi connectivity index (χ1n) is 9.97. The third-order valence-corrected chi connectivity index (χ3v) is 6.73. The average Bonchev–Trinajstić information content (AvgIpc) is 3.17. The second kappa shape index (κ2) is 9.64. The molecule has 1 unspecified atom stereocenters. The molecule has 0 radical (unpaired) electrons. The highest BCUT2D eigenvalue weighted by molar-refractivity contribution is 7.14. The van der Waals surface area contributed by atoms with Crippen LogP contribution < -0.4 is 4.74 Å². The number of esters is 2. The van der Waals surface area contributed by atoms with E-state index in [0.29, 0.717) is 23.2 Å². The Kier molecular flexibility index (Phi) is 6.70. The van der Waals surface area contributed by atoms with Gasteiger partial charge in [-0.3, -0.25) is 9.69 Å². The summed E-state index contributed by atoms with van der Waals surface area (Å²) in [5, 5.41) is 1.12. The minimum Gasteiger partial charge on any atom is -0.468 e. The molecular weight excluding hydrogens is 434 g/mol. The van der Waals surface area contributed by atoms with Gasteiger partial charge < -0.3 is 9.47 Å². The summed E-state index contributed by atoms with van der Waals surface area (Å²) in [6.45, 7) is 1.23. The van der Waals surface area contributed by atoms with Crippen molar-refractivity contribution < 1.29 is 19.1 Å². The van der Waals surface area contributed by atoms with Gasteiger partial charge in [-0.05, 0) is 35.2 Å². The summed E-state index contributed by atoms with van der Waals surface area (Å²) < 4.78 is 10.7. The van der Waals surface area contributed by atoms with E-state index in [1.54, 1.807) is 6.07 Å². The monoisotopic (exact) mass is 455 g/mol. The number of hydrogen-bond acceptors (Lipinski definition) is 6. The van der Waals surface area contributed by atoms with E-state index in [4.69, 9.17) is 21.1 Å². The minimum atomic E-state index is -0.587. The normalized spacial score (nSPS) is 14.5. The molecule has 2 heterocycles. The average molecular weight is 456 g/mol. The smallest absolute Gasteiger partial charge is 0.327 e. The number of rotatable bonds is 6. The second-order valence-corrected chi connectivity index (χ2v) is 8.82. The lowest BCUT2D eigenvalue weighted by molar-refractivity contribution is -0.147. The molecular formula is C24H22ClNO4S. The van der Waals surface area contributed by atoms with Crippen LogP contribution in [0.4, 0.5) is 0 Å². The van der Waals surface area contributed by atoms with Gasteiger partial charge >= 0.3 is 11.9 Å². The number of nitrogens with zero attached hydrogens (tertiary/aromatic N) is 1. The number of carbonyl (C=O) groups is 2. The number of ether oxygens (including phenoxy) is 2. The van der Waals surface area contributed by atoms with Crippen molar-refractivity contribution in [3.05, 3.63) is 87.3 Å². The molecule has 0 fully saturated rings. The van der Waals surface area contributed by atoms with E-state index in [9.17, 15) is 9.59 Å². The maximum absolute atomic E-state index is 12.6. The van der Waals surface area contributed by atoms with Crippen LogP contribution in [0.2, 0.25) is 5.02 Å². The Morgan fingerprint density at radius 1 is 1.13 bits per heavy atom. The molecule has 0 bridgehead atoms. The summed E-state index contributed by atoms with van der Waals surface area (Å²) in [5.74, 6) is -0.633. The summed E-state index contributed by atoms with van der Waals surface area (Å²) in [5.41, 5.74) is 2.70. The van der Waals surface area contributed by atoms with Gasteiger partial charge in [-0.25, -0.2) is 4.79 Å². The number of thiophene rings is 1. The second-order valence-electron chi connectivity index (χ2n) is 7.32. The quantitative estimate of drug-likeness (QED) is 0.499. The molecule has 0 N–H and O–H groups in total. The van der Waals surface area contributed by atoms with E-state index in [0.717, 1.165) is 23.1 Å². The first-order valence-corrected chi connectivity index (χ1v) is 11.2. The molecule has 1 aliphatic heterocycles. The lowest BCUT2D eigenvalue weighted by Gasteiger charge is -2.33. The van der Waals surface area contributed by atoms with Gasteiger partial charge in [0.2, 0.25) is 0 Å². The molecule has 160 valence electrons. The van der Waals surface area contributed by atoms with Crippen LogP contribution in [0.5, 0.6) is 5.06 Å². The fraction of sp³-hybridized carbons (Fsp3) is 0.250. The Bertz CT molecular complexity index is 1080. The van der Waals surface area contributed by atoms with Crippen LogP contribution >= 0.6 is 22.9 Å². The van der Waals surface area contributed by atoms with Crippen LogP contribution in [0.1, 0.15) is 27.6 Å². The molecule has 0 aliphatic carbocycles. The van der Waals surface area contributed by atoms with Crippen LogP contribution in [0.3, 0.4) is 0 Å². The van der Waals surface area contributed by atoms with Crippen LogP contribution in [-0.4, -0.2) is 30.5 Å². The maximum Gasteiger partial charge on any atom is 0.327 e. The number of benzene rings is 2. The summed E-state index contributed by atoms with van der Waals surface area (Å²) in [4.78, 5) is 28.1. The van der Waals surface area contributed by atoms with Crippen molar-refractivity contribution >= 4 is 34.9 Å².